The summed E-state index contributed by atoms with van der Waals surface area (Å²) in [6.45, 7) is 1.82. The van der Waals surface area contributed by atoms with Crippen LogP contribution in [0, 0.1) is 17.0 Å². The molecule has 0 atom stereocenters. The molecule has 2 aromatic carbocycles. The van der Waals surface area contributed by atoms with Gasteiger partial charge in [-0.25, -0.2) is 0 Å². The lowest BCUT2D eigenvalue weighted by Gasteiger charge is -2.08. The number of hydrogen-bond acceptors (Lipinski definition) is 6. The van der Waals surface area contributed by atoms with Crippen molar-refractivity contribution in [1.29, 1.82) is 0 Å². The summed E-state index contributed by atoms with van der Waals surface area (Å²) >= 11 is 6.00. The van der Waals surface area contributed by atoms with E-state index in [2.05, 4.69) is 20.6 Å². The molecule has 4 rings (SSSR count). The molecule has 0 aliphatic rings. The normalized spacial score (nSPS) is 10.8. The Morgan fingerprint density at radius 2 is 1.86 bits per heavy atom. The number of halogens is 1. The van der Waals surface area contributed by atoms with E-state index in [0.29, 0.717) is 17.2 Å². The number of carbonyl (C=O) groups excluding carboxylic acids is 1. The van der Waals surface area contributed by atoms with Gasteiger partial charge in [0.2, 0.25) is 0 Å². The van der Waals surface area contributed by atoms with Crippen LogP contribution >= 0.6 is 11.6 Å². The van der Waals surface area contributed by atoms with Gasteiger partial charge in [-0.3, -0.25) is 14.9 Å². The third kappa shape index (κ3) is 3.63. The number of fused-ring (bicyclic) bond motifs is 1. The molecule has 0 radical (unpaired) electrons. The molecule has 0 aliphatic carbocycles. The van der Waals surface area contributed by atoms with Gasteiger partial charge in [-0.05, 0) is 37.3 Å². The fourth-order valence-corrected chi connectivity index (χ4v) is 3.04. The highest BCUT2D eigenvalue weighted by molar-refractivity contribution is 6.34. The fraction of sp³-hybridized carbons (Fsp3) is 0.0526. The number of nitrogens with zero attached hydrogens (tertiary/aromatic N) is 5. The summed E-state index contributed by atoms with van der Waals surface area (Å²) < 4.78 is 1.65. The summed E-state index contributed by atoms with van der Waals surface area (Å²) in [4.78, 5) is 22.6. The average molecular weight is 409 g/mol. The van der Waals surface area contributed by atoms with E-state index in [1.54, 1.807) is 16.6 Å². The number of benzene rings is 2. The number of nitro benzene ring substituents is 1. The van der Waals surface area contributed by atoms with Gasteiger partial charge in [0, 0.05) is 23.4 Å². The second-order valence-electron chi connectivity index (χ2n) is 6.19. The Morgan fingerprint density at radius 1 is 1.10 bits per heavy atom. The summed E-state index contributed by atoms with van der Waals surface area (Å²) in [5.41, 5.74) is 2.77. The number of hydrogen-bond donors (Lipinski definition) is 1. The molecule has 0 fully saturated rings. The minimum absolute atomic E-state index is 0.00938. The van der Waals surface area contributed by atoms with E-state index < -0.39 is 10.8 Å². The molecule has 1 N–H and O–H groups in total. The van der Waals surface area contributed by atoms with E-state index in [-0.39, 0.29) is 16.3 Å². The summed E-state index contributed by atoms with van der Waals surface area (Å²) in [7, 11) is 0. The number of carbonyl (C=O) groups is 1. The molecule has 0 spiro atoms. The van der Waals surface area contributed by atoms with Crippen molar-refractivity contribution in [3.63, 3.8) is 0 Å². The smallest absolute Gasteiger partial charge is 0.270 e. The van der Waals surface area contributed by atoms with Crippen LogP contribution in [0.15, 0.2) is 54.6 Å². The summed E-state index contributed by atoms with van der Waals surface area (Å²) in [5.74, 6) is 0.225. The number of rotatable bonds is 4. The van der Waals surface area contributed by atoms with Gasteiger partial charge in [0.25, 0.3) is 11.6 Å². The van der Waals surface area contributed by atoms with Crippen LogP contribution in [0.4, 0.5) is 11.4 Å². The van der Waals surface area contributed by atoms with Crippen LogP contribution in [-0.4, -0.2) is 30.6 Å². The van der Waals surface area contributed by atoms with Crippen LogP contribution in [0.2, 0.25) is 5.02 Å². The number of aryl methyl sites for hydroxylation is 1. The molecule has 2 heterocycles. The lowest BCUT2D eigenvalue weighted by Crippen LogP contribution is -2.12. The molecular formula is C19H13ClN6O3. The van der Waals surface area contributed by atoms with Gasteiger partial charge in [-0.1, -0.05) is 23.7 Å². The summed E-state index contributed by atoms with van der Waals surface area (Å²) in [6, 6.07) is 14.5. The number of aromatic nitrogens is 4. The largest absolute Gasteiger partial charge is 0.322 e. The Labute approximate surface area is 169 Å². The van der Waals surface area contributed by atoms with Crippen molar-refractivity contribution < 1.29 is 9.72 Å². The molecule has 29 heavy (non-hydrogen) atoms. The minimum atomic E-state index is -0.570. The van der Waals surface area contributed by atoms with E-state index in [9.17, 15) is 14.9 Å². The van der Waals surface area contributed by atoms with Crippen molar-refractivity contribution in [2.24, 2.45) is 0 Å². The zero-order chi connectivity index (χ0) is 20.5. The van der Waals surface area contributed by atoms with E-state index >= 15 is 0 Å². The predicted molar refractivity (Wildman–Crippen MR) is 107 cm³/mol. The Bertz CT molecular complexity index is 1250. The summed E-state index contributed by atoms with van der Waals surface area (Å²) in [6.07, 6.45) is 0. The van der Waals surface area contributed by atoms with Crippen molar-refractivity contribution in [3.05, 3.63) is 81.1 Å². The van der Waals surface area contributed by atoms with E-state index in [1.165, 1.54) is 12.1 Å². The molecular weight excluding hydrogens is 396 g/mol. The third-order valence-electron chi connectivity index (χ3n) is 4.27. The topological polar surface area (TPSA) is 115 Å². The second kappa shape index (κ2) is 7.28. The third-order valence-corrected chi connectivity index (χ3v) is 4.58. The number of amides is 1. The number of anilines is 1. The molecule has 0 aliphatic heterocycles. The van der Waals surface area contributed by atoms with Crippen molar-refractivity contribution in [2.75, 3.05) is 5.32 Å². The van der Waals surface area contributed by atoms with Gasteiger partial charge in [0.1, 0.15) is 0 Å². The first kappa shape index (κ1) is 18.5. The second-order valence-corrected chi connectivity index (χ2v) is 6.60. The molecule has 4 aromatic rings. The van der Waals surface area contributed by atoms with Crippen LogP contribution in [0.25, 0.3) is 16.9 Å². The highest BCUT2D eigenvalue weighted by Crippen LogP contribution is 2.24. The molecule has 0 unspecified atom stereocenters. The van der Waals surface area contributed by atoms with Crippen molar-refractivity contribution in [3.8, 4) is 11.3 Å². The van der Waals surface area contributed by atoms with E-state index in [4.69, 9.17) is 11.6 Å². The molecule has 2 aromatic heterocycles. The zero-order valence-electron chi connectivity index (χ0n) is 15.0. The molecule has 1 amide bonds. The Balaban J connectivity index is 1.54. The van der Waals surface area contributed by atoms with Gasteiger partial charge in [-0.15, -0.1) is 10.2 Å². The Morgan fingerprint density at radius 3 is 2.55 bits per heavy atom. The molecule has 144 valence electrons. The average Bonchev–Trinajstić information content (AvgIpc) is 3.08. The Kier molecular flexibility index (Phi) is 4.65. The van der Waals surface area contributed by atoms with E-state index in [1.807, 2.05) is 31.2 Å². The highest BCUT2D eigenvalue weighted by Gasteiger charge is 2.15. The number of nitrogens with one attached hydrogen (secondary N) is 1. The lowest BCUT2D eigenvalue weighted by molar-refractivity contribution is -0.384. The fourth-order valence-electron chi connectivity index (χ4n) is 2.77. The Hall–Kier alpha value is -3.85. The van der Waals surface area contributed by atoms with Gasteiger partial charge in [0.05, 0.1) is 21.2 Å². The maximum atomic E-state index is 12.4. The van der Waals surface area contributed by atoms with Crippen molar-refractivity contribution >= 4 is 34.5 Å². The van der Waals surface area contributed by atoms with Gasteiger partial charge >= 0.3 is 0 Å². The predicted octanol–water partition coefficient (Wildman–Crippen LogP) is 3.91. The molecule has 9 nitrogen and oxygen atoms in total. The van der Waals surface area contributed by atoms with Crippen molar-refractivity contribution in [1.82, 2.24) is 19.8 Å². The summed E-state index contributed by atoms with van der Waals surface area (Å²) in [5, 5.41) is 26.0. The minimum Gasteiger partial charge on any atom is -0.322 e. The zero-order valence-corrected chi connectivity index (χ0v) is 15.8. The lowest BCUT2D eigenvalue weighted by atomic mass is 10.1. The highest BCUT2D eigenvalue weighted by atomic mass is 35.5. The number of nitro groups is 1. The first-order valence-electron chi connectivity index (χ1n) is 8.47. The molecule has 0 saturated heterocycles. The van der Waals surface area contributed by atoms with Crippen molar-refractivity contribution in [2.45, 2.75) is 6.92 Å². The van der Waals surface area contributed by atoms with Gasteiger partial charge in [-0.2, -0.15) is 9.61 Å². The quantitative estimate of drug-likeness (QED) is 0.404. The van der Waals surface area contributed by atoms with Gasteiger partial charge < -0.3 is 5.32 Å². The first-order valence-corrected chi connectivity index (χ1v) is 8.85. The molecule has 0 saturated carbocycles. The number of non-ortho nitro benzene ring substituents is 1. The monoisotopic (exact) mass is 408 g/mol. The van der Waals surface area contributed by atoms with Crippen LogP contribution in [0.5, 0.6) is 0 Å². The standard InChI is InChI=1S/C19H13ClN6O3/c1-11-22-23-18-9-8-17(24-25(11)18)12-2-4-13(5-3-12)21-19(27)15-7-6-14(26(28)29)10-16(15)20/h2-10H,1H3,(H,21,27). The van der Waals surface area contributed by atoms with Gasteiger partial charge in [0.15, 0.2) is 11.5 Å². The van der Waals surface area contributed by atoms with E-state index in [0.717, 1.165) is 17.3 Å². The maximum absolute atomic E-state index is 12.4. The van der Waals surface area contributed by atoms with Crippen LogP contribution in [-0.2, 0) is 0 Å². The van der Waals surface area contributed by atoms with Crippen LogP contribution < -0.4 is 5.32 Å². The first-order chi connectivity index (χ1) is 13.9. The van der Waals surface area contributed by atoms with Crippen LogP contribution in [0.1, 0.15) is 16.2 Å². The maximum Gasteiger partial charge on any atom is 0.270 e. The SMILES string of the molecule is Cc1nnc2ccc(-c3ccc(NC(=O)c4ccc([N+](=O)[O-])cc4Cl)cc3)nn12. The molecule has 0 bridgehead atoms. The van der Waals surface area contributed by atoms with Crippen LogP contribution in [0.3, 0.4) is 0 Å². The molecule has 10 heteroatoms.